The zero-order valence-corrected chi connectivity index (χ0v) is 30.5. The van der Waals surface area contributed by atoms with E-state index in [2.05, 4.69) is 20.5 Å². The SMILES string of the molecule is Nc1c(N=Nc2c(S(=O)(=O)O)cc(S(=O)(=O)O)cc2S(=O)(=O)O)c(S(=O)(=O)O)cc2cc(S(=O)(=O)O)c(N=Nc3ccc([N+](=O)[O-])cc3S(=O)(=O)O)c(O)c12. The van der Waals surface area contributed by atoms with E-state index in [-0.39, 0.29) is 18.2 Å². The Balaban J connectivity index is 2.16. The minimum Gasteiger partial charge on any atom is -0.505 e. The summed E-state index contributed by atoms with van der Waals surface area (Å²) in [6.07, 6.45) is 0. The van der Waals surface area contributed by atoms with Gasteiger partial charge in [-0.05, 0) is 35.7 Å². The summed E-state index contributed by atoms with van der Waals surface area (Å²) in [7, 11) is -33.6. The molecule has 4 aromatic carbocycles. The molecule has 296 valence electrons. The lowest BCUT2D eigenvalue weighted by atomic mass is 10.1. The maximum atomic E-state index is 12.4. The van der Waals surface area contributed by atoms with Crippen LogP contribution in [-0.2, 0) is 60.7 Å². The minimum atomic E-state index is -5.80. The second-order valence-electron chi connectivity index (χ2n) is 10.2. The predicted octanol–water partition coefficient (Wildman–Crippen LogP) is 2.35. The Morgan fingerprint density at radius 3 is 1.35 bits per heavy atom. The van der Waals surface area contributed by atoms with E-state index in [1.165, 1.54) is 0 Å². The van der Waals surface area contributed by atoms with E-state index >= 15 is 0 Å². The van der Waals surface area contributed by atoms with Crippen LogP contribution in [-0.4, -0.2) is 87.9 Å². The summed E-state index contributed by atoms with van der Waals surface area (Å²) in [6, 6.07) is 2.00. The molecule has 0 aliphatic rings. The van der Waals surface area contributed by atoms with Gasteiger partial charge in [-0.25, -0.2) is 0 Å². The molecule has 0 aromatic heterocycles. The molecule has 0 amide bonds. The summed E-state index contributed by atoms with van der Waals surface area (Å²) >= 11 is 0. The fourth-order valence-electron chi connectivity index (χ4n) is 4.41. The molecule has 0 bridgehead atoms. The molecule has 0 aliphatic heterocycles. The average Bonchev–Trinajstić information content (AvgIpc) is 3.00. The highest BCUT2D eigenvalue weighted by atomic mass is 32.2. The third kappa shape index (κ3) is 8.87. The number of benzene rings is 4. The normalized spacial score (nSPS) is 13.6. The molecule has 4 aromatic rings. The molecule has 55 heavy (non-hydrogen) atoms. The number of nitrogens with zero attached hydrogens (tertiary/aromatic N) is 5. The van der Waals surface area contributed by atoms with E-state index in [0.717, 1.165) is 0 Å². The Morgan fingerprint density at radius 2 is 0.927 bits per heavy atom. The second kappa shape index (κ2) is 13.8. The van der Waals surface area contributed by atoms with Gasteiger partial charge in [0, 0.05) is 12.1 Å². The van der Waals surface area contributed by atoms with E-state index in [9.17, 15) is 93.0 Å². The van der Waals surface area contributed by atoms with Gasteiger partial charge in [0.05, 0.1) is 20.9 Å². The largest absolute Gasteiger partial charge is 0.505 e. The highest BCUT2D eigenvalue weighted by molar-refractivity contribution is 7.88. The number of fused-ring (bicyclic) bond motifs is 1. The summed E-state index contributed by atoms with van der Waals surface area (Å²) in [6.45, 7) is 0. The quantitative estimate of drug-likeness (QED) is 0.0352. The van der Waals surface area contributed by atoms with Gasteiger partial charge in [-0.3, -0.25) is 37.4 Å². The number of hydrogen-bond acceptors (Lipinski definition) is 20. The Bertz CT molecular complexity index is 3080. The van der Waals surface area contributed by atoms with E-state index in [0.29, 0.717) is 24.3 Å². The zero-order valence-electron chi connectivity index (χ0n) is 25.7. The Labute approximate surface area is 306 Å². The number of rotatable bonds is 11. The van der Waals surface area contributed by atoms with E-state index < -0.39 is 146 Å². The van der Waals surface area contributed by atoms with Crippen LogP contribution in [0.1, 0.15) is 0 Å². The van der Waals surface area contributed by atoms with Gasteiger partial charge < -0.3 is 10.8 Å². The van der Waals surface area contributed by atoms with Gasteiger partial charge in [0.15, 0.2) is 5.75 Å². The smallest absolute Gasteiger partial charge is 0.297 e. The third-order valence-corrected chi connectivity index (χ3v) is 11.9. The number of azo groups is 2. The van der Waals surface area contributed by atoms with E-state index in [1.807, 2.05) is 0 Å². The lowest BCUT2D eigenvalue weighted by Gasteiger charge is -2.14. The number of nitro benzene ring substituents is 1. The van der Waals surface area contributed by atoms with Crippen LogP contribution >= 0.6 is 0 Å². The molecule has 0 aliphatic carbocycles. The monoisotopic (exact) mass is 892 g/mol. The molecular formula is C22H16N6O21S6. The number of anilines is 1. The van der Waals surface area contributed by atoms with Crippen molar-refractivity contribution in [1.82, 2.24) is 0 Å². The van der Waals surface area contributed by atoms with Crippen molar-refractivity contribution in [1.29, 1.82) is 0 Å². The lowest BCUT2D eigenvalue weighted by molar-refractivity contribution is -0.385. The van der Waals surface area contributed by atoms with Crippen LogP contribution in [0.25, 0.3) is 10.8 Å². The fraction of sp³-hybridized carbons (Fsp3) is 0. The number of nitro groups is 1. The van der Waals surface area contributed by atoms with E-state index in [1.54, 1.807) is 0 Å². The zero-order chi connectivity index (χ0) is 42.0. The van der Waals surface area contributed by atoms with Gasteiger partial charge in [0.1, 0.15) is 47.2 Å². The van der Waals surface area contributed by atoms with Crippen molar-refractivity contribution in [3.8, 4) is 5.75 Å². The first-order valence-corrected chi connectivity index (χ1v) is 21.7. The van der Waals surface area contributed by atoms with Gasteiger partial charge in [-0.2, -0.15) is 50.5 Å². The molecular weight excluding hydrogens is 877 g/mol. The van der Waals surface area contributed by atoms with Crippen LogP contribution in [0.15, 0.2) is 92.3 Å². The number of nitrogen functional groups attached to an aromatic ring is 1. The van der Waals surface area contributed by atoms with Gasteiger partial charge in [-0.15, -0.1) is 20.5 Å². The molecule has 33 heteroatoms. The lowest BCUT2D eigenvalue weighted by Crippen LogP contribution is -2.09. The summed E-state index contributed by atoms with van der Waals surface area (Å²) in [5.74, 6) is -1.50. The second-order valence-corrected chi connectivity index (χ2v) is 18.6. The first-order chi connectivity index (χ1) is 24.7. The van der Waals surface area contributed by atoms with Crippen molar-refractivity contribution in [2.45, 2.75) is 29.4 Å². The van der Waals surface area contributed by atoms with Crippen molar-refractivity contribution in [3.63, 3.8) is 0 Å². The Hall–Kier alpha value is -5.20. The molecule has 0 atom stereocenters. The molecule has 0 radical (unpaired) electrons. The Morgan fingerprint density at radius 1 is 0.527 bits per heavy atom. The van der Waals surface area contributed by atoms with Crippen molar-refractivity contribution >= 4 is 106 Å². The van der Waals surface area contributed by atoms with Gasteiger partial charge in [-0.1, -0.05) is 0 Å². The molecule has 9 N–H and O–H groups in total. The van der Waals surface area contributed by atoms with Crippen molar-refractivity contribution in [2.75, 3.05) is 5.73 Å². The Kier molecular flexibility index (Phi) is 10.7. The van der Waals surface area contributed by atoms with Crippen LogP contribution in [0.5, 0.6) is 5.75 Å². The maximum Gasteiger partial charge on any atom is 0.297 e. The molecule has 0 saturated carbocycles. The van der Waals surface area contributed by atoms with Crippen LogP contribution in [0.2, 0.25) is 0 Å². The standard InChI is InChI=1S/C22H16N6O21S6/c23-18-17-8(4-14(53(41,42)43)21(22(17)29)27-24-11-2-1-9(28(30)31)5-12(11)51(35,36)37)3-13(52(38,39)40)20(18)26-25-19-15(54(44,45)46)6-10(50(32,33)34)7-16(19)55(47,48)49/h1-7,29H,23H2,(H,32,33,34)(H,35,36,37)(H,38,39,40)(H,41,42,43)(H,44,45,46)(H,47,48,49). The van der Waals surface area contributed by atoms with E-state index in [4.69, 9.17) is 5.73 Å². The number of aromatic hydroxyl groups is 1. The molecule has 0 saturated heterocycles. The molecule has 0 heterocycles. The van der Waals surface area contributed by atoms with Crippen LogP contribution < -0.4 is 5.73 Å². The van der Waals surface area contributed by atoms with Crippen LogP contribution in [0, 0.1) is 10.1 Å². The number of phenolic OH excluding ortho intramolecular Hbond substituents is 1. The highest BCUT2D eigenvalue weighted by Crippen LogP contribution is 2.49. The maximum absolute atomic E-state index is 12.4. The number of hydrogen-bond donors (Lipinski definition) is 8. The van der Waals surface area contributed by atoms with Crippen molar-refractivity contribution in [3.05, 3.63) is 52.6 Å². The first-order valence-electron chi connectivity index (χ1n) is 13.0. The predicted molar refractivity (Wildman–Crippen MR) is 177 cm³/mol. The first kappa shape index (κ1) is 42.5. The molecule has 27 nitrogen and oxygen atoms in total. The van der Waals surface area contributed by atoms with Gasteiger partial charge in [0.2, 0.25) is 0 Å². The number of non-ortho nitro benzene ring substituents is 1. The van der Waals surface area contributed by atoms with Gasteiger partial charge in [0.25, 0.3) is 66.4 Å². The minimum absolute atomic E-state index is 0.0838. The summed E-state index contributed by atoms with van der Waals surface area (Å²) in [5, 5.41) is 33.5. The fourth-order valence-corrected chi connectivity index (χ4v) is 8.47. The number of nitrogens with two attached hydrogens (primary N) is 1. The highest BCUT2D eigenvalue weighted by Gasteiger charge is 2.32. The average molecular weight is 893 g/mol. The summed E-state index contributed by atoms with van der Waals surface area (Å²) < 4.78 is 203. The van der Waals surface area contributed by atoms with Crippen LogP contribution in [0.4, 0.5) is 34.1 Å². The molecule has 0 fully saturated rings. The van der Waals surface area contributed by atoms with Crippen LogP contribution in [0.3, 0.4) is 0 Å². The van der Waals surface area contributed by atoms with Crippen molar-refractivity contribution < 1.29 is 87.9 Å². The van der Waals surface area contributed by atoms with Gasteiger partial charge >= 0.3 is 0 Å². The third-order valence-electron chi connectivity index (χ3n) is 6.68. The molecule has 4 rings (SSSR count). The molecule has 0 spiro atoms. The van der Waals surface area contributed by atoms with Crippen molar-refractivity contribution in [2.24, 2.45) is 20.5 Å². The summed E-state index contributed by atoms with van der Waals surface area (Å²) in [5.41, 5.74) is -1.51. The molecule has 0 unspecified atom stereocenters. The summed E-state index contributed by atoms with van der Waals surface area (Å²) in [4.78, 5) is 0.601. The number of phenols is 1. The topological polar surface area (TPSA) is 465 Å².